The molecule has 0 bridgehead atoms. The van der Waals surface area contributed by atoms with Gasteiger partial charge in [0.1, 0.15) is 5.75 Å². The molecule has 0 radical (unpaired) electrons. The Bertz CT molecular complexity index is 634. The highest BCUT2D eigenvalue weighted by atomic mass is 16.5. The van der Waals surface area contributed by atoms with Gasteiger partial charge in [0.05, 0.1) is 19.7 Å². The van der Waals surface area contributed by atoms with E-state index in [1.807, 2.05) is 0 Å². The molecule has 2 aliphatic rings. The van der Waals surface area contributed by atoms with Crippen LogP contribution in [0.1, 0.15) is 50.6 Å². The van der Waals surface area contributed by atoms with E-state index in [1.54, 1.807) is 7.11 Å². The highest BCUT2D eigenvalue weighted by Crippen LogP contribution is 2.27. The predicted molar refractivity (Wildman–Crippen MR) is 125 cm³/mol. The zero-order valence-corrected chi connectivity index (χ0v) is 19.2. The van der Waals surface area contributed by atoms with E-state index >= 15 is 0 Å². The Hall–Kier alpha value is -1.79. The number of aliphatic imine (C=N–C) groups is 1. The van der Waals surface area contributed by atoms with Crippen LogP contribution in [0, 0.1) is 5.92 Å². The SMILES string of the molecule is CCNC(=NCC(c1ccc(OC)cc1)N1CCCC1)NCCC1CCN(C)CC1. The van der Waals surface area contributed by atoms with Crippen molar-refractivity contribution in [2.24, 2.45) is 10.9 Å². The molecule has 1 unspecified atom stereocenters. The second kappa shape index (κ2) is 12.2. The van der Waals surface area contributed by atoms with Gasteiger partial charge in [-0.25, -0.2) is 0 Å². The zero-order valence-electron chi connectivity index (χ0n) is 19.2. The average molecular weight is 416 g/mol. The first-order valence-electron chi connectivity index (χ1n) is 11.8. The minimum atomic E-state index is 0.322. The summed E-state index contributed by atoms with van der Waals surface area (Å²) in [4.78, 5) is 10.00. The molecule has 168 valence electrons. The van der Waals surface area contributed by atoms with Crippen LogP contribution in [0.3, 0.4) is 0 Å². The molecule has 2 N–H and O–H groups in total. The Balaban J connectivity index is 1.58. The average Bonchev–Trinajstić information content (AvgIpc) is 3.30. The van der Waals surface area contributed by atoms with Crippen LogP contribution >= 0.6 is 0 Å². The van der Waals surface area contributed by atoms with Crippen molar-refractivity contribution in [2.75, 3.05) is 60.0 Å². The van der Waals surface area contributed by atoms with Gasteiger partial charge in [-0.1, -0.05) is 12.1 Å². The van der Waals surface area contributed by atoms with Crippen molar-refractivity contribution in [1.82, 2.24) is 20.4 Å². The summed E-state index contributed by atoms with van der Waals surface area (Å²) in [7, 11) is 3.95. The first-order valence-corrected chi connectivity index (χ1v) is 11.8. The van der Waals surface area contributed by atoms with E-state index in [9.17, 15) is 0 Å². The van der Waals surface area contributed by atoms with Gasteiger partial charge < -0.3 is 20.3 Å². The Morgan fingerprint density at radius 1 is 1.10 bits per heavy atom. The monoisotopic (exact) mass is 415 g/mol. The Morgan fingerprint density at radius 2 is 1.80 bits per heavy atom. The van der Waals surface area contributed by atoms with Gasteiger partial charge >= 0.3 is 0 Å². The third kappa shape index (κ3) is 6.88. The lowest BCUT2D eigenvalue weighted by Gasteiger charge is -2.29. The van der Waals surface area contributed by atoms with E-state index in [0.717, 1.165) is 50.4 Å². The molecule has 0 amide bonds. The third-order valence-electron chi connectivity index (χ3n) is 6.53. The lowest BCUT2D eigenvalue weighted by molar-refractivity contribution is 0.213. The van der Waals surface area contributed by atoms with Crippen molar-refractivity contribution >= 4 is 5.96 Å². The summed E-state index contributed by atoms with van der Waals surface area (Å²) in [6.07, 6.45) is 6.43. The number of nitrogens with one attached hydrogen (secondary N) is 2. The predicted octanol–water partition coefficient (Wildman–Crippen LogP) is 3.12. The molecule has 6 heteroatoms. The minimum Gasteiger partial charge on any atom is -0.497 e. The fraction of sp³-hybridized carbons (Fsp3) is 0.708. The molecule has 30 heavy (non-hydrogen) atoms. The van der Waals surface area contributed by atoms with E-state index in [1.165, 1.54) is 50.8 Å². The van der Waals surface area contributed by atoms with Crippen LogP contribution in [0.2, 0.25) is 0 Å². The van der Waals surface area contributed by atoms with Crippen molar-refractivity contribution < 1.29 is 4.74 Å². The van der Waals surface area contributed by atoms with Crippen molar-refractivity contribution in [1.29, 1.82) is 0 Å². The number of nitrogens with zero attached hydrogens (tertiary/aromatic N) is 3. The largest absolute Gasteiger partial charge is 0.497 e. The molecule has 1 atom stereocenters. The van der Waals surface area contributed by atoms with Gasteiger partial charge in [0.15, 0.2) is 5.96 Å². The van der Waals surface area contributed by atoms with Crippen LogP contribution in [0.4, 0.5) is 0 Å². The first kappa shape index (κ1) is 22.9. The number of benzene rings is 1. The molecule has 2 fully saturated rings. The lowest BCUT2D eigenvalue weighted by Crippen LogP contribution is -2.40. The molecule has 1 aromatic carbocycles. The van der Waals surface area contributed by atoms with Gasteiger partial charge in [0.2, 0.25) is 0 Å². The van der Waals surface area contributed by atoms with Gasteiger partial charge in [-0.15, -0.1) is 0 Å². The lowest BCUT2D eigenvalue weighted by atomic mass is 9.94. The molecule has 2 aliphatic heterocycles. The summed E-state index contributed by atoms with van der Waals surface area (Å²) >= 11 is 0. The summed E-state index contributed by atoms with van der Waals surface area (Å²) in [5.41, 5.74) is 1.32. The van der Waals surface area contributed by atoms with E-state index < -0.39 is 0 Å². The first-order chi connectivity index (χ1) is 14.7. The molecule has 0 aromatic heterocycles. The number of hydrogen-bond donors (Lipinski definition) is 2. The minimum absolute atomic E-state index is 0.322. The summed E-state index contributed by atoms with van der Waals surface area (Å²) in [6, 6.07) is 8.83. The van der Waals surface area contributed by atoms with Gasteiger partial charge in [0.25, 0.3) is 0 Å². The van der Waals surface area contributed by atoms with Crippen LogP contribution in [-0.4, -0.2) is 75.7 Å². The number of rotatable bonds is 9. The fourth-order valence-corrected chi connectivity index (χ4v) is 4.58. The summed E-state index contributed by atoms with van der Waals surface area (Å²) in [5.74, 6) is 2.70. The van der Waals surface area contributed by atoms with Crippen molar-refractivity contribution in [3.63, 3.8) is 0 Å². The fourth-order valence-electron chi connectivity index (χ4n) is 4.58. The molecule has 1 aromatic rings. The van der Waals surface area contributed by atoms with E-state index in [4.69, 9.17) is 9.73 Å². The highest BCUT2D eigenvalue weighted by molar-refractivity contribution is 5.79. The van der Waals surface area contributed by atoms with Crippen LogP contribution in [0.5, 0.6) is 5.75 Å². The maximum atomic E-state index is 5.34. The van der Waals surface area contributed by atoms with Gasteiger partial charge in [-0.3, -0.25) is 9.89 Å². The van der Waals surface area contributed by atoms with Crippen molar-refractivity contribution in [3.8, 4) is 5.75 Å². The summed E-state index contributed by atoms with van der Waals surface area (Å²) in [6.45, 7) is 9.58. The quantitative estimate of drug-likeness (QED) is 0.479. The summed E-state index contributed by atoms with van der Waals surface area (Å²) in [5, 5.41) is 7.02. The van der Waals surface area contributed by atoms with Gasteiger partial charge in [0, 0.05) is 13.1 Å². The van der Waals surface area contributed by atoms with Crippen LogP contribution in [-0.2, 0) is 0 Å². The molecule has 3 rings (SSSR count). The van der Waals surface area contributed by atoms with E-state index in [-0.39, 0.29) is 0 Å². The normalized spacial score (nSPS) is 20.3. The number of likely N-dealkylation sites (tertiary alicyclic amines) is 2. The van der Waals surface area contributed by atoms with Gasteiger partial charge in [-0.2, -0.15) is 0 Å². The van der Waals surface area contributed by atoms with E-state index in [2.05, 4.69) is 58.7 Å². The molecular weight excluding hydrogens is 374 g/mol. The van der Waals surface area contributed by atoms with Crippen LogP contribution in [0.25, 0.3) is 0 Å². The van der Waals surface area contributed by atoms with Crippen LogP contribution < -0.4 is 15.4 Å². The number of ether oxygens (including phenoxy) is 1. The second-order valence-electron chi connectivity index (χ2n) is 8.71. The smallest absolute Gasteiger partial charge is 0.191 e. The second-order valence-corrected chi connectivity index (χ2v) is 8.71. The molecular formula is C24H41N5O. The topological polar surface area (TPSA) is 52.1 Å². The Kier molecular flexibility index (Phi) is 9.27. The maximum absolute atomic E-state index is 5.34. The molecule has 2 heterocycles. The number of piperidine rings is 1. The van der Waals surface area contributed by atoms with Crippen molar-refractivity contribution in [2.45, 2.75) is 45.1 Å². The highest BCUT2D eigenvalue weighted by Gasteiger charge is 2.23. The summed E-state index contributed by atoms with van der Waals surface area (Å²) < 4.78 is 5.34. The standard InChI is InChI=1S/C24H41N5O/c1-4-25-24(26-14-11-20-12-17-28(2)18-13-20)27-19-23(29-15-5-6-16-29)21-7-9-22(30-3)10-8-21/h7-10,20,23H,4-6,11-19H2,1-3H3,(H2,25,26,27). The number of guanidine groups is 1. The van der Waals surface area contributed by atoms with Crippen LogP contribution in [0.15, 0.2) is 29.3 Å². The maximum Gasteiger partial charge on any atom is 0.191 e. The molecule has 2 saturated heterocycles. The molecule has 6 nitrogen and oxygen atoms in total. The van der Waals surface area contributed by atoms with Crippen molar-refractivity contribution in [3.05, 3.63) is 29.8 Å². The molecule has 0 aliphatic carbocycles. The van der Waals surface area contributed by atoms with Gasteiger partial charge in [-0.05, 0) is 95.9 Å². The molecule has 0 spiro atoms. The van der Waals surface area contributed by atoms with E-state index in [0.29, 0.717) is 6.04 Å². The number of methoxy groups -OCH3 is 1. The number of hydrogen-bond acceptors (Lipinski definition) is 4. The Labute approximate surface area is 183 Å². The molecule has 0 saturated carbocycles. The zero-order chi connectivity index (χ0) is 21.2. The Morgan fingerprint density at radius 3 is 2.43 bits per heavy atom. The third-order valence-corrected chi connectivity index (χ3v) is 6.53.